The number of anilines is 4. The number of hydrogen-bond donors (Lipinski definition) is 1. The molecule has 31 heavy (non-hydrogen) atoms. The third-order valence-corrected chi connectivity index (χ3v) is 6.02. The number of fused-ring (bicyclic) bond motifs is 3. The number of carbonyl (C=O) groups is 1. The lowest BCUT2D eigenvalue weighted by Gasteiger charge is -2.36. The third kappa shape index (κ3) is 3.59. The van der Waals surface area contributed by atoms with Crippen molar-refractivity contribution in [3.8, 4) is 0 Å². The first-order chi connectivity index (χ1) is 15.0. The number of guanidine groups is 1. The summed E-state index contributed by atoms with van der Waals surface area (Å²) in [4.78, 5) is 35.1. The largest absolute Gasteiger partial charge is 0.369 e. The molecular formula is C22H28N8O. The quantitative estimate of drug-likeness (QED) is 0.810. The molecule has 1 N–H and O–H groups in total. The summed E-state index contributed by atoms with van der Waals surface area (Å²) in [5, 5.41) is 3.28. The first-order valence-electron chi connectivity index (χ1n) is 10.8. The highest BCUT2D eigenvalue weighted by molar-refractivity contribution is 6.18. The molecule has 1 aromatic heterocycles. The molecule has 0 radical (unpaired) electrons. The van der Waals surface area contributed by atoms with Gasteiger partial charge >= 0.3 is 0 Å². The first-order valence-corrected chi connectivity index (χ1v) is 10.8. The van der Waals surface area contributed by atoms with Gasteiger partial charge in [-0.3, -0.25) is 19.6 Å². The predicted octanol–water partition coefficient (Wildman–Crippen LogP) is 2.01. The van der Waals surface area contributed by atoms with Gasteiger partial charge in [0.2, 0.25) is 11.9 Å². The number of benzene rings is 1. The molecule has 1 fully saturated rings. The fourth-order valence-electron chi connectivity index (χ4n) is 4.27. The minimum atomic E-state index is -0.0926. The average Bonchev–Trinajstić information content (AvgIpc) is 3.24. The summed E-state index contributed by atoms with van der Waals surface area (Å²) in [5.41, 5.74) is 2.66. The molecule has 0 unspecified atom stereocenters. The van der Waals surface area contributed by atoms with E-state index in [0.717, 1.165) is 38.4 Å². The van der Waals surface area contributed by atoms with Gasteiger partial charge in [0.1, 0.15) is 5.56 Å². The van der Waals surface area contributed by atoms with Crippen molar-refractivity contribution in [2.75, 3.05) is 61.4 Å². The summed E-state index contributed by atoms with van der Waals surface area (Å²) in [6, 6.07) is 8.37. The van der Waals surface area contributed by atoms with Crippen LogP contribution in [0.4, 0.5) is 23.1 Å². The van der Waals surface area contributed by atoms with E-state index in [9.17, 15) is 4.79 Å². The molecule has 0 aliphatic carbocycles. The van der Waals surface area contributed by atoms with E-state index in [4.69, 9.17) is 0 Å². The molecule has 9 nitrogen and oxygen atoms in total. The normalized spacial score (nSPS) is 18.9. The Labute approximate surface area is 182 Å². The monoisotopic (exact) mass is 420 g/mol. The molecule has 1 saturated heterocycles. The zero-order valence-electron chi connectivity index (χ0n) is 18.2. The molecule has 2 aromatic rings. The number of rotatable bonds is 4. The topological polar surface area (TPSA) is 80.2 Å². The number of aliphatic imine (C=N–C) groups is 1. The van der Waals surface area contributed by atoms with Gasteiger partial charge in [-0.15, -0.1) is 0 Å². The number of amides is 1. The molecule has 5 rings (SSSR count). The van der Waals surface area contributed by atoms with Crippen molar-refractivity contribution in [2.45, 2.75) is 19.9 Å². The Kier molecular flexibility index (Phi) is 4.97. The SMILES string of the molecule is CC(C)N1C(=O)c2cnc(Nc3ccc(N4CCN(C)CC4)cc3)nc2N2CCN=C21. The molecule has 1 aromatic carbocycles. The number of carbonyl (C=O) groups excluding carboxylic acids is 1. The van der Waals surface area contributed by atoms with Crippen LogP contribution in [0.1, 0.15) is 24.2 Å². The minimum Gasteiger partial charge on any atom is -0.369 e. The van der Waals surface area contributed by atoms with Gasteiger partial charge in [0.05, 0.1) is 6.54 Å². The Morgan fingerprint density at radius 1 is 1.03 bits per heavy atom. The van der Waals surface area contributed by atoms with E-state index in [1.807, 2.05) is 30.9 Å². The summed E-state index contributed by atoms with van der Waals surface area (Å²) in [7, 11) is 2.16. The molecular weight excluding hydrogens is 392 g/mol. The summed E-state index contributed by atoms with van der Waals surface area (Å²) < 4.78 is 0. The van der Waals surface area contributed by atoms with Gasteiger partial charge in [-0.1, -0.05) is 0 Å². The van der Waals surface area contributed by atoms with E-state index in [2.05, 4.69) is 49.3 Å². The lowest BCUT2D eigenvalue weighted by molar-refractivity contribution is 0.0810. The lowest BCUT2D eigenvalue weighted by Crippen LogP contribution is -2.53. The second kappa shape index (κ2) is 7.81. The maximum absolute atomic E-state index is 13.0. The van der Waals surface area contributed by atoms with Crippen molar-refractivity contribution < 1.29 is 4.79 Å². The summed E-state index contributed by atoms with van der Waals surface area (Å²) in [6.45, 7) is 9.60. The molecule has 9 heteroatoms. The molecule has 0 saturated carbocycles. The molecule has 0 bridgehead atoms. The molecule has 162 valence electrons. The summed E-state index contributed by atoms with van der Waals surface area (Å²) >= 11 is 0. The third-order valence-electron chi connectivity index (χ3n) is 6.02. The van der Waals surface area contributed by atoms with Gasteiger partial charge in [0.15, 0.2) is 5.82 Å². The number of nitrogens with one attached hydrogen (secondary N) is 1. The zero-order chi connectivity index (χ0) is 21.5. The van der Waals surface area contributed by atoms with Crippen LogP contribution in [0.5, 0.6) is 0 Å². The van der Waals surface area contributed by atoms with Crippen molar-refractivity contribution in [1.82, 2.24) is 19.8 Å². The number of piperazine rings is 1. The van der Waals surface area contributed by atoms with Gasteiger partial charge in [0.25, 0.3) is 5.91 Å². The fraction of sp³-hybridized carbons (Fsp3) is 0.455. The summed E-state index contributed by atoms with van der Waals surface area (Å²) in [5.74, 6) is 1.70. The molecule has 0 atom stereocenters. The zero-order valence-corrected chi connectivity index (χ0v) is 18.2. The van der Waals surface area contributed by atoms with Crippen LogP contribution in [-0.2, 0) is 0 Å². The number of hydrogen-bond acceptors (Lipinski definition) is 8. The Morgan fingerprint density at radius 2 is 1.77 bits per heavy atom. The Bertz CT molecular complexity index is 1010. The van der Waals surface area contributed by atoms with E-state index >= 15 is 0 Å². The minimum absolute atomic E-state index is 0.0246. The van der Waals surface area contributed by atoms with Gasteiger partial charge < -0.3 is 15.1 Å². The Balaban J connectivity index is 1.36. The number of likely N-dealkylation sites (N-methyl/N-ethyl adjacent to an activating group) is 1. The molecule has 3 aliphatic heterocycles. The molecule has 3 aliphatic rings. The second-order valence-electron chi connectivity index (χ2n) is 8.50. The molecule has 4 heterocycles. The maximum Gasteiger partial charge on any atom is 0.266 e. The second-order valence-corrected chi connectivity index (χ2v) is 8.50. The fourth-order valence-corrected chi connectivity index (χ4v) is 4.27. The predicted molar refractivity (Wildman–Crippen MR) is 122 cm³/mol. The highest BCUT2D eigenvalue weighted by Crippen LogP contribution is 2.31. The number of aromatic nitrogens is 2. The van der Waals surface area contributed by atoms with Crippen molar-refractivity contribution in [3.63, 3.8) is 0 Å². The van der Waals surface area contributed by atoms with Crippen molar-refractivity contribution in [3.05, 3.63) is 36.0 Å². The van der Waals surface area contributed by atoms with Crippen LogP contribution in [0.3, 0.4) is 0 Å². The van der Waals surface area contributed by atoms with E-state index in [1.54, 1.807) is 11.1 Å². The van der Waals surface area contributed by atoms with Crippen LogP contribution in [0.2, 0.25) is 0 Å². The number of nitrogens with zero attached hydrogens (tertiary/aromatic N) is 7. The molecule has 0 spiro atoms. The van der Waals surface area contributed by atoms with Gasteiger partial charge in [-0.25, -0.2) is 4.98 Å². The van der Waals surface area contributed by atoms with Crippen LogP contribution in [0.15, 0.2) is 35.5 Å². The first kappa shape index (κ1) is 19.7. The Morgan fingerprint density at radius 3 is 2.48 bits per heavy atom. The van der Waals surface area contributed by atoms with Gasteiger partial charge in [-0.2, -0.15) is 4.98 Å². The van der Waals surface area contributed by atoms with Crippen molar-refractivity contribution in [1.29, 1.82) is 0 Å². The van der Waals surface area contributed by atoms with Crippen LogP contribution in [-0.4, -0.2) is 84.0 Å². The van der Waals surface area contributed by atoms with E-state index in [-0.39, 0.29) is 11.9 Å². The molecule has 1 amide bonds. The average molecular weight is 421 g/mol. The maximum atomic E-state index is 13.0. The van der Waals surface area contributed by atoms with Gasteiger partial charge in [0, 0.05) is 56.3 Å². The Hall–Kier alpha value is -3.20. The standard InChI is InChI=1S/C22H28N8O/c1-15(2)30-20(31)18-14-24-21(26-19(18)29-9-8-23-22(29)30)25-16-4-6-17(7-5-16)28-12-10-27(3)11-13-28/h4-7,14-15H,8-13H2,1-3H3,(H,24,25,26). The highest BCUT2D eigenvalue weighted by atomic mass is 16.2. The summed E-state index contributed by atoms with van der Waals surface area (Å²) in [6.07, 6.45) is 1.62. The van der Waals surface area contributed by atoms with E-state index in [1.165, 1.54) is 5.69 Å². The highest BCUT2D eigenvalue weighted by Gasteiger charge is 2.39. The smallest absolute Gasteiger partial charge is 0.266 e. The van der Waals surface area contributed by atoms with Crippen LogP contribution in [0, 0.1) is 0 Å². The van der Waals surface area contributed by atoms with Crippen LogP contribution in [0.25, 0.3) is 0 Å². The van der Waals surface area contributed by atoms with Crippen molar-refractivity contribution >= 4 is 35.0 Å². The van der Waals surface area contributed by atoms with E-state index in [0.29, 0.717) is 29.8 Å². The van der Waals surface area contributed by atoms with Crippen molar-refractivity contribution in [2.24, 2.45) is 4.99 Å². The van der Waals surface area contributed by atoms with Gasteiger partial charge in [-0.05, 0) is 45.2 Å². The van der Waals surface area contributed by atoms with Crippen LogP contribution < -0.4 is 15.1 Å². The lowest BCUT2D eigenvalue weighted by atomic mass is 10.1. The van der Waals surface area contributed by atoms with E-state index < -0.39 is 0 Å². The van der Waals surface area contributed by atoms with Crippen LogP contribution >= 0.6 is 0 Å².